The fraction of sp³-hybridized carbons (Fsp3) is 0.833. The van der Waals surface area contributed by atoms with Gasteiger partial charge in [0.15, 0.2) is 0 Å². The lowest BCUT2D eigenvalue weighted by molar-refractivity contribution is -0.144. The molecule has 0 aromatic heterocycles. The average molecular weight is 235 g/mol. The number of hydrogen-bond acceptors (Lipinski definition) is 4. The second-order valence-electron chi connectivity index (χ2n) is 2.14. The third-order valence-corrected chi connectivity index (χ3v) is 1.19. The topological polar surface area (TPSA) is 98.6 Å². The summed E-state index contributed by atoms with van der Waals surface area (Å²) in [6.45, 7) is 0.466. The molecule has 0 aromatic carbocycles. The van der Waals surface area contributed by atoms with Crippen molar-refractivity contribution >= 4 is 30.8 Å². The highest BCUT2D eigenvalue weighted by Crippen LogP contribution is 1.93. The van der Waals surface area contributed by atoms with E-state index in [1.54, 1.807) is 0 Å². The van der Waals surface area contributed by atoms with Gasteiger partial charge in [-0.05, 0) is 13.0 Å². The summed E-state index contributed by atoms with van der Waals surface area (Å²) in [4.78, 5) is 10.0. The molecular weight excluding hydrogens is 219 g/mol. The SMILES string of the molecule is Cl.Cl.NCCC(CN)OCC(=O)O. The zero-order valence-electron chi connectivity index (χ0n) is 7.14. The van der Waals surface area contributed by atoms with Crippen LogP contribution in [0.5, 0.6) is 0 Å². The van der Waals surface area contributed by atoms with Crippen LogP contribution in [0.1, 0.15) is 6.42 Å². The molecule has 5 N–H and O–H groups in total. The molecule has 0 heterocycles. The number of carboxylic acid groups (broad SMARTS) is 1. The number of ether oxygens (including phenoxy) is 1. The number of halogens is 2. The minimum atomic E-state index is -0.986. The summed E-state index contributed by atoms with van der Waals surface area (Å²) in [5.41, 5.74) is 10.5. The van der Waals surface area contributed by atoms with Gasteiger partial charge in [0.2, 0.25) is 0 Å². The molecule has 0 aliphatic carbocycles. The van der Waals surface area contributed by atoms with Gasteiger partial charge in [0.1, 0.15) is 6.61 Å². The molecule has 0 spiro atoms. The Bertz CT molecular complexity index is 126. The maximum absolute atomic E-state index is 10.0. The summed E-state index contributed by atoms with van der Waals surface area (Å²) in [6, 6.07) is 0. The molecule has 0 amide bonds. The highest BCUT2D eigenvalue weighted by molar-refractivity contribution is 5.85. The fourth-order valence-corrected chi connectivity index (χ4v) is 0.644. The van der Waals surface area contributed by atoms with Crippen LogP contribution in [0.2, 0.25) is 0 Å². The molecule has 13 heavy (non-hydrogen) atoms. The molecule has 0 fully saturated rings. The Morgan fingerprint density at radius 3 is 2.23 bits per heavy atom. The van der Waals surface area contributed by atoms with Gasteiger partial charge < -0.3 is 21.3 Å². The van der Waals surface area contributed by atoms with Crippen LogP contribution in [0, 0.1) is 0 Å². The van der Waals surface area contributed by atoms with Crippen LogP contribution in [-0.4, -0.2) is 36.9 Å². The van der Waals surface area contributed by atoms with E-state index < -0.39 is 5.97 Å². The first-order valence-corrected chi connectivity index (χ1v) is 3.44. The number of hydrogen-bond donors (Lipinski definition) is 3. The lowest BCUT2D eigenvalue weighted by atomic mass is 10.2. The molecule has 0 aromatic rings. The molecule has 0 saturated heterocycles. The number of nitrogens with two attached hydrogens (primary N) is 2. The summed E-state index contributed by atoms with van der Waals surface area (Å²) in [7, 11) is 0. The Morgan fingerprint density at radius 2 is 1.92 bits per heavy atom. The number of carboxylic acids is 1. The van der Waals surface area contributed by atoms with Gasteiger partial charge >= 0.3 is 5.97 Å². The number of rotatable bonds is 6. The molecule has 0 aliphatic rings. The van der Waals surface area contributed by atoms with Crippen LogP contribution >= 0.6 is 24.8 Å². The highest BCUT2D eigenvalue weighted by Gasteiger charge is 2.07. The van der Waals surface area contributed by atoms with Crippen LogP contribution in [-0.2, 0) is 9.53 Å². The third kappa shape index (κ3) is 11.9. The molecule has 0 saturated carbocycles. The predicted molar refractivity (Wildman–Crippen MR) is 54.6 cm³/mol. The summed E-state index contributed by atoms with van der Waals surface area (Å²) < 4.78 is 4.89. The van der Waals surface area contributed by atoms with E-state index in [9.17, 15) is 4.79 Å². The molecule has 7 heteroatoms. The Balaban J connectivity index is -0.000000500. The Hall–Kier alpha value is -0.0700. The molecule has 82 valence electrons. The van der Waals surface area contributed by atoms with Crippen molar-refractivity contribution in [2.75, 3.05) is 19.7 Å². The molecular formula is C6H16Cl2N2O3. The van der Waals surface area contributed by atoms with Crippen molar-refractivity contribution in [3.8, 4) is 0 Å². The van der Waals surface area contributed by atoms with E-state index in [0.29, 0.717) is 19.5 Å². The standard InChI is InChI=1S/C6H14N2O3.2ClH/c7-2-1-5(3-8)11-4-6(9)10;;/h5H,1-4,7-8H2,(H,9,10);2*1H. The van der Waals surface area contributed by atoms with Gasteiger partial charge in [-0.1, -0.05) is 0 Å². The minimum Gasteiger partial charge on any atom is -0.480 e. The number of aliphatic carboxylic acids is 1. The normalized spacial score (nSPS) is 10.9. The molecule has 5 nitrogen and oxygen atoms in total. The van der Waals surface area contributed by atoms with Crippen LogP contribution in [0.4, 0.5) is 0 Å². The molecule has 0 aliphatic heterocycles. The molecule has 1 unspecified atom stereocenters. The first-order valence-electron chi connectivity index (χ1n) is 3.44. The van der Waals surface area contributed by atoms with E-state index in [-0.39, 0.29) is 37.5 Å². The van der Waals surface area contributed by atoms with Crippen molar-refractivity contribution in [1.29, 1.82) is 0 Å². The summed E-state index contributed by atoms with van der Waals surface area (Å²) >= 11 is 0. The monoisotopic (exact) mass is 234 g/mol. The van der Waals surface area contributed by atoms with Gasteiger partial charge in [-0.15, -0.1) is 24.8 Å². The quantitative estimate of drug-likeness (QED) is 0.582. The van der Waals surface area contributed by atoms with Crippen LogP contribution in [0.3, 0.4) is 0 Å². The molecule has 0 bridgehead atoms. The highest BCUT2D eigenvalue weighted by atomic mass is 35.5. The Kier molecular flexibility index (Phi) is 17.1. The fourth-order valence-electron chi connectivity index (χ4n) is 0.644. The zero-order chi connectivity index (χ0) is 8.69. The van der Waals surface area contributed by atoms with Gasteiger partial charge in [-0.2, -0.15) is 0 Å². The van der Waals surface area contributed by atoms with Crippen molar-refractivity contribution in [3.63, 3.8) is 0 Å². The van der Waals surface area contributed by atoms with Gasteiger partial charge in [0.05, 0.1) is 6.10 Å². The maximum atomic E-state index is 10.0. The van der Waals surface area contributed by atoms with Crippen molar-refractivity contribution in [3.05, 3.63) is 0 Å². The van der Waals surface area contributed by atoms with E-state index >= 15 is 0 Å². The van der Waals surface area contributed by atoms with E-state index in [1.165, 1.54) is 0 Å². The lowest BCUT2D eigenvalue weighted by Gasteiger charge is -2.12. The Morgan fingerprint density at radius 1 is 1.38 bits per heavy atom. The van der Waals surface area contributed by atoms with Crippen LogP contribution in [0.25, 0.3) is 0 Å². The van der Waals surface area contributed by atoms with Gasteiger partial charge in [-0.3, -0.25) is 0 Å². The molecule has 0 rings (SSSR count). The maximum Gasteiger partial charge on any atom is 0.329 e. The number of carbonyl (C=O) groups is 1. The second-order valence-corrected chi connectivity index (χ2v) is 2.14. The molecule has 1 atom stereocenters. The van der Waals surface area contributed by atoms with Gasteiger partial charge in [0, 0.05) is 6.54 Å². The van der Waals surface area contributed by atoms with E-state index in [2.05, 4.69) is 0 Å². The summed E-state index contributed by atoms with van der Waals surface area (Å²) in [6.07, 6.45) is 0.375. The van der Waals surface area contributed by atoms with Crippen LogP contribution in [0.15, 0.2) is 0 Å². The zero-order valence-corrected chi connectivity index (χ0v) is 8.77. The van der Waals surface area contributed by atoms with Gasteiger partial charge in [0.25, 0.3) is 0 Å². The third-order valence-electron chi connectivity index (χ3n) is 1.19. The van der Waals surface area contributed by atoms with E-state index in [1.807, 2.05) is 0 Å². The van der Waals surface area contributed by atoms with Crippen molar-refractivity contribution in [2.45, 2.75) is 12.5 Å². The van der Waals surface area contributed by atoms with Crippen molar-refractivity contribution in [1.82, 2.24) is 0 Å². The van der Waals surface area contributed by atoms with Gasteiger partial charge in [-0.25, -0.2) is 4.79 Å². The predicted octanol–water partition coefficient (Wildman–Crippen LogP) is -0.393. The summed E-state index contributed by atoms with van der Waals surface area (Å²) in [5.74, 6) is -0.986. The Labute approximate surface area is 89.6 Å². The van der Waals surface area contributed by atoms with Crippen molar-refractivity contribution in [2.24, 2.45) is 11.5 Å². The lowest BCUT2D eigenvalue weighted by Crippen LogP contribution is -2.28. The van der Waals surface area contributed by atoms with E-state index in [0.717, 1.165) is 0 Å². The first kappa shape index (κ1) is 18.7. The molecule has 0 radical (unpaired) electrons. The van der Waals surface area contributed by atoms with E-state index in [4.69, 9.17) is 21.3 Å². The largest absolute Gasteiger partial charge is 0.480 e. The average Bonchev–Trinajstić information content (AvgIpc) is 1.97. The summed E-state index contributed by atoms with van der Waals surface area (Å²) in [5, 5.41) is 8.23. The minimum absolute atomic E-state index is 0. The smallest absolute Gasteiger partial charge is 0.329 e. The van der Waals surface area contributed by atoms with Crippen LogP contribution < -0.4 is 11.5 Å². The van der Waals surface area contributed by atoms with Crippen molar-refractivity contribution < 1.29 is 14.6 Å². The second kappa shape index (κ2) is 11.9. The first-order chi connectivity index (χ1) is 5.20.